The fourth-order valence-electron chi connectivity index (χ4n) is 10.9. The molecule has 2 nitrogen and oxygen atoms in total. The first-order valence-corrected chi connectivity index (χ1v) is 33.0. The highest BCUT2D eigenvalue weighted by Gasteiger charge is 2.25. The van der Waals surface area contributed by atoms with Gasteiger partial charge in [0, 0.05) is 33.5 Å². The third-order valence-electron chi connectivity index (χ3n) is 14.9. The predicted octanol–water partition coefficient (Wildman–Crippen LogP) is 19.3. The van der Waals surface area contributed by atoms with E-state index in [2.05, 4.69) is 304 Å². The minimum atomic E-state index is -1.58. The summed E-state index contributed by atoms with van der Waals surface area (Å²) in [5.74, 6) is 0. The van der Waals surface area contributed by atoms with E-state index in [0.717, 1.165) is 34.1 Å². The van der Waals surface area contributed by atoms with E-state index in [0.29, 0.717) is 0 Å². The predicted molar refractivity (Wildman–Crippen MR) is 327 cm³/mol. The maximum absolute atomic E-state index is 2.51. The molecule has 358 valence electrons. The summed E-state index contributed by atoms with van der Waals surface area (Å²) in [7, 11) is -3.16. The molecule has 0 saturated carbocycles. The molecule has 0 aliphatic carbocycles. The Balaban J connectivity index is 1.11. The van der Waals surface area contributed by atoms with Crippen molar-refractivity contribution in [3.05, 3.63) is 255 Å². The largest absolute Gasteiger partial charge is 0.310 e. The number of rotatable bonds is 12. The van der Waals surface area contributed by atoms with Crippen molar-refractivity contribution in [2.24, 2.45) is 0 Å². The molecule has 0 spiro atoms. The molecular formula is C70H60N2Si2. The van der Waals surface area contributed by atoms with E-state index in [1.54, 1.807) is 0 Å². The standard InChI is InChI=1S/C70H60N2Si2/c1-73(2,3)63-35-31-59(32-36-63)71(61-45-55(49-19-11-7-12-20-49)43-56(46-61)50-21-13-8-14-22-50)67-41-29-53-28-40-66-68(42-30-54-27-39-65(67)69(53)70(54)66)72(60-33-37-64(38-34-60)74(4,5)6)62-47-57(51-23-15-9-16-24-51)44-58(48-62)52-25-17-10-18-26-52/h7-48H,1-6H3. The molecule has 0 amide bonds. The van der Waals surface area contributed by atoms with E-state index in [9.17, 15) is 0 Å². The van der Waals surface area contributed by atoms with E-state index >= 15 is 0 Å². The second-order valence-electron chi connectivity index (χ2n) is 21.9. The van der Waals surface area contributed by atoms with Gasteiger partial charge >= 0.3 is 0 Å². The number of anilines is 6. The lowest BCUT2D eigenvalue weighted by Crippen LogP contribution is -2.37. The summed E-state index contributed by atoms with van der Waals surface area (Å²) >= 11 is 0. The summed E-state index contributed by atoms with van der Waals surface area (Å²) in [6.07, 6.45) is 0. The second-order valence-corrected chi connectivity index (χ2v) is 32.0. The molecule has 0 atom stereocenters. The first-order chi connectivity index (χ1) is 35.9. The molecule has 0 bridgehead atoms. The molecule has 0 heterocycles. The van der Waals surface area contributed by atoms with Gasteiger partial charge in [-0.1, -0.05) is 232 Å². The molecule has 12 aromatic carbocycles. The molecule has 0 aromatic heterocycles. The first kappa shape index (κ1) is 46.8. The lowest BCUT2D eigenvalue weighted by atomic mass is 9.91. The van der Waals surface area contributed by atoms with Gasteiger partial charge in [-0.3, -0.25) is 0 Å². The zero-order valence-electron chi connectivity index (χ0n) is 43.1. The average Bonchev–Trinajstić information content (AvgIpc) is 3.44. The van der Waals surface area contributed by atoms with E-state index < -0.39 is 16.1 Å². The SMILES string of the molecule is C[Si](C)(C)c1ccc(N(c2cc(-c3ccccc3)cc(-c3ccccc3)c2)c2ccc3ccc4c(N(c5ccc([Si](C)(C)C)cc5)c5cc(-c6ccccc6)cc(-c6ccccc6)c5)ccc5ccc2c3c54)cc1. The van der Waals surface area contributed by atoms with Crippen LogP contribution in [0, 0.1) is 0 Å². The van der Waals surface area contributed by atoms with Crippen LogP contribution in [0.2, 0.25) is 39.3 Å². The van der Waals surface area contributed by atoms with Crippen molar-refractivity contribution < 1.29 is 0 Å². The van der Waals surface area contributed by atoms with Crippen LogP contribution in [0.3, 0.4) is 0 Å². The summed E-state index contributed by atoms with van der Waals surface area (Å²) in [4.78, 5) is 5.01. The van der Waals surface area contributed by atoms with Crippen molar-refractivity contribution in [1.29, 1.82) is 0 Å². The fraction of sp³-hybridized carbons (Fsp3) is 0.0857. The van der Waals surface area contributed by atoms with Crippen LogP contribution in [0.4, 0.5) is 34.1 Å². The number of hydrogen-bond acceptors (Lipinski definition) is 2. The number of benzene rings is 12. The van der Waals surface area contributed by atoms with Crippen LogP contribution in [-0.2, 0) is 0 Å². The van der Waals surface area contributed by atoms with Crippen molar-refractivity contribution in [3.63, 3.8) is 0 Å². The number of hydrogen-bond donors (Lipinski definition) is 0. The fourth-order valence-corrected chi connectivity index (χ4v) is 13.2. The summed E-state index contributed by atoms with van der Waals surface area (Å²) < 4.78 is 0. The van der Waals surface area contributed by atoms with Crippen LogP contribution >= 0.6 is 0 Å². The molecule has 0 N–H and O–H groups in total. The quantitative estimate of drug-likeness (QED) is 0.0889. The van der Waals surface area contributed by atoms with Gasteiger partial charge in [-0.25, -0.2) is 0 Å². The Hall–Kier alpha value is -8.29. The van der Waals surface area contributed by atoms with Gasteiger partial charge in [0.2, 0.25) is 0 Å². The molecule has 0 radical (unpaired) electrons. The van der Waals surface area contributed by atoms with Gasteiger partial charge in [0.1, 0.15) is 0 Å². The molecular weight excluding hydrogens is 925 g/mol. The lowest BCUT2D eigenvalue weighted by Gasteiger charge is -2.31. The Morgan fingerprint density at radius 1 is 0.243 bits per heavy atom. The van der Waals surface area contributed by atoms with Gasteiger partial charge in [-0.05, 0) is 139 Å². The first-order valence-electron chi connectivity index (χ1n) is 26.0. The Morgan fingerprint density at radius 3 is 0.811 bits per heavy atom. The van der Waals surface area contributed by atoms with Crippen LogP contribution in [0.15, 0.2) is 255 Å². The molecule has 0 aliphatic rings. The topological polar surface area (TPSA) is 6.48 Å². The van der Waals surface area contributed by atoms with E-state index in [1.807, 2.05) is 0 Å². The molecule has 0 fully saturated rings. The third-order valence-corrected chi connectivity index (χ3v) is 19.0. The number of nitrogens with zero attached hydrogens (tertiary/aromatic N) is 2. The summed E-state index contributed by atoms with van der Waals surface area (Å²) in [5.41, 5.74) is 16.2. The van der Waals surface area contributed by atoms with Gasteiger partial charge in [0.05, 0.1) is 27.5 Å². The molecule has 0 unspecified atom stereocenters. The Kier molecular flexibility index (Phi) is 12.0. The normalized spacial score (nSPS) is 11.9. The lowest BCUT2D eigenvalue weighted by molar-refractivity contribution is 1.30. The molecule has 12 rings (SSSR count). The molecule has 0 aliphatic heterocycles. The highest BCUT2D eigenvalue weighted by Crippen LogP contribution is 2.49. The van der Waals surface area contributed by atoms with Crippen LogP contribution in [-0.4, -0.2) is 16.1 Å². The zero-order chi connectivity index (χ0) is 50.6. The summed E-state index contributed by atoms with van der Waals surface area (Å²) in [5, 5.41) is 10.3. The zero-order valence-corrected chi connectivity index (χ0v) is 45.1. The monoisotopic (exact) mass is 984 g/mol. The van der Waals surface area contributed by atoms with Crippen molar-refractivity contribution in [3.8, 4) is 44.5 Å². The smallest absolute Gasteiger partial charge is 0.0775 e. The van der Waals surface area contributed by atoms with Crippen LogP contribution in [0.1, 0.15) is 0 Å². The Morgan fingerprint density at radius 2 is 0.527 bits per heavy atom. The van der Waals surface area contributed by atoms with Gasteiger partial charge in [-0.15, -0.1) is 0 Å². The molecule has 0 saturated heterocycles. The van der Waals surface area contributed by atoms with Gasteiger partial charge in [0.25, 0.3) is 0 Å². The van der Waals surface area contributed by atoms with Gasteiger partial charge < -0.3 is 9.80 Å². The second kappa shape index (κ2) is 19.0. The van der Waals surface area contributed by atoms with Gasteiger partial charge in [-0.2, -0.15) is 0 Å². The molecule has 12 aromatic rings. The van der Waals surface area contributed by atoms with E-state index in [-0.39, 0.29) is 0 Å². The molecule has 4 heteroatoms. The van der Waals surface area contributed by atoms with Crippen LogP contribution in [0.25, 0.3) is 76.8 Å². The van der Waals surface area contributed by atoms with Crippen molar-refractivity contribution in [1.82, 2.24) is 0 Å². The van der Waals surface area contributed by atoms with Crippen LogP contribution < -0.4 is 20.2 Å². The Bertz CT molecular complexity index is 3560. The highest BCUT2D eigenvalue weighted by atomic mass is 28.3. The maximum Gasteiger partial charge on any atom is 0.0775 e. The summed E-state index contributed by atoms with van der Waals surface area (Å²) in [6.45, 7) is 14.6. The van der Waals surface area contributed by atoms with Crippen molar-refractivity contribution in [2.75, 3.05) is 9.80 Å². The summed E-state index contributed by atoms with van der Waals surface area (Å²) in [6, 6.07) is 95.1. The minimum absolute atomic E-state index is 1.11. The average molecular weight is 985 g/mol. The van der Waals surface area contributed by atoms with E-state index in [1.165, 1.54) is 87.2 Å². The third kappa shape index (κ3) is 8.91. The highest BCUT2D eigenvalue weighted by molar-refractivity contribution is 6.89. The van der Waals surface area contributed by atoms with Gasteiger partial charge in [0.15, 0.2) is 0 Å². The van der Waals surface area contributed by atoms with Crippen molar-refractivity contribution in [2.45, 2.75) is 39.3 Å². The minimum Gasteiger partial charge on any atom is -0.310 e. The van der Waals surface area contributed by atoms with E-state index in [4.69, 9.17) is 0 Å². The Labute approximate surface area is 438 Å². The molecule has 74 heavy (non-hydrogen) atoms. The van der Waals surface area contributed by atoms with Crippen LogP contribution in [0.5, 0.6) is 0 Å². The van der Waals surface area contributed by atoms with Crippen molar-refractivity contribution >= 4 is 93.0 Å². The maximum atomic E-state index is 2.51.